The van der Waals surface area contributed by atoms with Crippen molar-refractivity contribution in [2.24, 2.45) is 5.73 Å². The van der Waals surface area contributed by atoms with Crippen LogP contribution in [-0.2, 0) is 0 Å². The maximum absolute atomic E-state index is 8.41. The molecule has 0 aliphatic rings. The number of nitrogens with one attached hydrogen (secondary N) is 1. The molecule has 0 fully saturated rings. The molecule has 0 aliphatic heterocycles. The Bertz CT molecular complexity index is 71.6. The van der Waals surface area contributed by atoms with Gasteiger partial charge in [-0.3, -0.25) is 0 Å². The maximum atomic E-state index is 8.41. The van der Waals surface area contributed by atoms with Crippen molar-refractivity contribution >= 4 is 7.41 Å². The van der Waals surface area contributed by atoms with Gasteiger partial charge >= 0.3 is 0 Å². The second-order valence-electron chi connectivity index (χ2n) is 1.72. The van der Waals surface area contributed by atoms with Crippen molar-refractivity contribution < 1.29 is 10.2 Å². The Labute approximate surface area is 55.3 Å². The van der Waals surface area contributed by atoms with Gasteiger partial charge in [0.1, 0.15) is 0 Å². The van der Waals surface area contributed by atoms with Gasteiger partial charge in [-0.2, -0.15) is 0 Å². The molecular weight excluding hydrogens is 119 g/mol. The van der Waals surface area contributed by atoms with Crippen LogP contribution in [0.4, 0.5) is 0 Å². The zero-order valence-electron chi connectivity index (χ0n) is 5.41. The molecule has 5 heteroatoms. The Balaban J connectivity index is 3.16. The molecule has 0 rings (SSSR count). The largest absolute Gasteiger partial charge is 0.367 e. The molecule has 0 aliphatic carbocycles. The van der Waals surface area contributed by atoms with E-state index in [1.807, 2.05) is 6.92 Å². The molecule has 53 valence electrons. The minimum Gasteiger partial charge on any atom is -0.367 e. The Morgan fingerprint density at radius 2 is 2.22 bits per heavy atom. The first-order chi connectivity index (χ1) is 4.18. The Morgan fingerprint density at radius 1 is 1.67 bits per heavy atom. The molecule has 1 atom stereocenters. The fourth-order valence-electron chi connectivity index (χ4n) is 0.340. The highest BCUT2D eigenvalue weighted by molar-refractivity contribution is 6.34. The lowest BCUT2D eigenvalue weighted by Gasteiger charge is -2.11. The number of nitrogens with two attached hydrogens (primary N) is 1. The van der Waals surface area contributed by atoms with Crippen LogP contribution >= 0.6 is 0 Å². The summed E-state index contributed by atoms with van der Waals surface area (Å²) in [4.78, 5) is 0. The van der Waals surface area contributed by atoms with Gasteiger partial charge in [-0.1, -0.05) is 6.92 Å². The van der Waals surface area contributed by atoms with Gasteiger partial charge in [-0.15, -0.1) is 0 Å². The van der Waals surface area contributed by atoms with Crippen LogP contribution in [0.3, 0.4) is 0 Å². The van der Waals surface area contributed by atoms with Crippen molar-refractivity contribution in [3.05, 3.63) is 0 Å². The molecule has 0 spiro atoms. The molecule has 4 nitrogen and oxygen atoms in total. The van der Waals surface area contributed by atoms with Gasteiger partial charge in [0, 0.05) is 5.94 Å². The van der Waals surface area contributed by atoms with E-state index < -0.39 is 12.2 Å². The molecule has 1 unspecified atom stereocenters. The number of aliphatic hydroxyl groups is 2. The Hall–Kier alpha value is -0.0951. The van der Waals surface area contributed by atoms with E-state index in [2.05, 4.69) is 5.23 Å². The summed E-state index contributed by atoms with van der Waals surface area (Å²) in [5.41, 5.74) is 5.18. The van der Waals surface area contributed by atoms with Gasteiger partial charge in [0.05, 0.1) is 0 Å². The minimum atomic E-state index is -1.47. The Morgan fingerprint density at radius 3 is 2.56 bits per heavy atom. The molecule has 0 aromatic carbocycles. The third-order valence-electron chi connectivity index (χ3n) is 0.859. The van der Waals surface area contributed by atoms with Crippen molar-refractivity contribution in [2.45, 2.75) is 19.2 Å². The van der Waals surface area contributed by atoms with Crippen molar-refractivity contribution in [2.75, 3.05) is 6.54 Å². The molecule has 0 aromatic rings. The van der Waals surface area contributed by atoms with Crippen LogP contribution in [0.2, 0.25) is 0 Å². The van der Waals surface area contributed by atoms with Crippen molar-refractivity contribution in [3.63, 3.8) is 0 Å². The van der Waals surface area contributed by atoms with Gasteiger partial charge in [0.15, 0.2) is 6.29 Å². The van der Waals surface area contributed by atoms with Gasteiger partial charge in [0.25, 0.3) is 0 Å². The summed E-state index contributed by atoms with van der Waals surface area (Å²) < 4.78 is 0. The summed E-state index contributed by atoms with van der Waals surface area (Å²) >= 11 is 0. The summed E-state index contributed by atoms with van der Waals surface area (Å²) in [7, 11) is 1.45. The molecule has 0 saturated carbocycles. The summed E-state index contributed by atoms with van der Waals surface area (Å²) in [5, 5.41) is 19.6. The number of aliphatic hydroxyl groups excluding tert-OH is 1. The first-order valence-electron chi connectivity index (χ1n) is 2.87. The van der Waals surface area contributed by atoms with Gasteiger partial charge in [-0.05, 0) is 6.54 Å². The standard InChI is InChI=1S/C4H12BN2O2/c1-2-7-5-3(6)4(8)9/h3-4,7-9H,2,6H2,1H3. The van der Waals surface area contributed by atoms with Crippen LogP contribution in [0.1, 0.15) is 6.92 Å². The lowest BCUT2D eigenvalue weighted by Crippen LogP contribution is -2.45. The normalized spacial score (nSPS) is 13.9. The summed E-state index contributed by atoms with van der Waals surface area (Å²) in [6, 6.07) is 0. The lowest BCUT2D eigenvalue weighted by atomic mass is 9.83. The smallest absolute Gasteiger partial charge is 0.231 e. The van der Waals surface area contributed by atoms with Crippen LogP contribution in [0.15, 0.2) is 0 Å². The zero-order valence-corrected chi connectivity index (χ0v) is 5.41. The predicted octanol–water partition coefficient (Wildman–Crippen LogP) is -2.19. The minimum absolute atomic E-state index is 0.704. The van der Waals surface area contributed by atoms with Crippen LogP contribution < -0.4 is 11.0 Å². The molecule has 5 N–H and O–H groups in total. The predicted molar refractivity (Wildman–Crippen MR) is 35.6 cm³/mol. The summed E-state index contributed by atoms with van der Waals surface area (Å²) in [6.07, 6.45) is -1.47. The fourth-order valence-corrected chi connectivity index (χ4v) is 0.340. The number of rotatable bonds is 4. The van der Waals surface area contributed by atoms with E-state index in [9.17, 15) is 0 Å². The van der Waals surface area contributed by atoms with E-state index in [1.54, 1.807) is 0 Å². The van der Waals surface area contributed by atoms with E-state index in [4.69, 9.17) is 15.9 Å². The molecule has 1 radical (unpaired) electrons. The van der Waals surface area contributed by atoms with E-state index in [0.717, 1.165) is 6.54 Å². The van der Waals surface area contributed by atoms with Crippen molar-refractivity contribution in [1.29, 1.82) is 0 Å². The molecule has 0 heterocycles. The van der Waals surface area contributed by atoms with E-state index in [1.165, 1.54) is 7.41 Å². The van der Waals surface area contributed by atoms with Crippen molar-refractivity contribution in [1.82, 2.24) is 5.23 Å². The average molecular weight is 131 g/mol. The van der Waals surface area contributed by atoms with Crippen molar-refractivity contribution in [3.8, 4) is 0 Å². The first kappa shape index (κ1) is 8.90. The van der Waals surface area contributed by atoms with E-state index >= 15 is 0 Å². The van der Waals surface area contributed by atoms with Gasteiger partial charge in [0.2, 0.25) is 7.41 Å². The molecule has 0 amide bonds. The first-order valence-corrected chi connectivity index (χ1v) is 2.87. The molecule has 0 saturated heterocycles. The second-order valence-corrected chi connectivity index (χ2v) is 1.72. The fraction of sp³-hybridized carbons (Fsp3) is 1.00. The number of hydrogen-bond donors (Lipinski definition) is 4. The maximum Gasteiger partial charge on any atom is 0.231 e. The van der Waals surface area contributed by atoms with Crippen LogP contribution in [0.5, 0.6) is 0 Å². The highest BCUT2D eigenvalue weighted by atomic mass is 16.5. The lowest BCUT2D eigenvalue weighted by molar-refractivity contribution is -0.0416. The van der Waals surface area contributed by atoms with Crippen LogP contribution in [-0.4, -0.2) is 36.4 Å². The Kier molecular flexibility index (Phi) is 4.70. The van der Waals surface area contributed by atoms with E-state index in [0.29, 0.717) is 0 Å². The molecule has 9 heavy (non-hydrogen) atoms. The third-order valence-corrected chi connectivity index (χ3v) is 0.859. The van der Waals surface area contributed by atoms with Crippen LogP contribution in [0.25, 0.3) is 0 Å². The van der Waals surface area contributed by atoms with Gasteiger partial charge < -0.3 is 21.2 Å². The molecular formula is C4H12BN2O2. The zero-order chi connectivity index (χ0) is 7.28. The molecule has 0 bridgehead atoms. The SMILES string of the molecule is CCN[B]C(N)C(O)O. The van der Waals surface area contributed by atoms with Gasteiger partial charge in [-0.25, -0.2) is 0 Å². The number of hydrogen-bond acceptors (Lipinski definition) is 4. The van der Waals surface area contributed by atoms with Crippen LogP contribution in [0, 0.1) is 0 Å². The second kappa shape index (κ2) is 4.75. The third kappa shape index (κ3) is 4.41. The average Bonchev–Trinajstić information content (AvgIpc) is 1.82. The topological polar surface area (TPSA) is 78.5 Å². The monoisotopic (exact) mass is 131 g/mol. The highest BCUT2D eigenvalue weighted by Crippen LogP contribution is 1.78. The summed E-state index contributed by atoms with van der Waals surface area (Å²) in [6.45, 7) is 2.63. The highest BCUT2D eigenvalue weighted by Gasteiger charge is 2.10. The molecule has 0 aromatic heterocycles. The summed E-state index contributed by atoms with van der Waals surface area (Å²) in [5.74, 6) is -0.704. The quantitative estimate of drug-likeness (QED) is 0.258. The van der Waals surface area contributed by atoms with E-state index in [-0.39, 0.29) is 0 Å².